The highest BCUT2D eigenvalue weighted by atomic mass is 16.6. The van der Waals surface area contributed by atoms with Crippen molar-refractivity contribution < 1.29 is 38.7 Å². The summed E-state index contributed by atoms with van der Waals surface area (Å²) in [6.07, 6.45) is 3.89. The molecule has 8 aromatic rings. The number of likely N-dealkylation sites (tertiary alicyclic amines) is 2. The van der Waals surface area contributed by atoms with Gasteiger partial charge in [0, 0.05) is 73.5 Å². The van der Waals surface area contributed by atoms with Gasteiger partial charge in [0.05, 0.1) is 11.2 Å². The summed E-state index contributed by atoms with van der Waals surface area (Å²) in [5, 5.41) is 29.8. The Morgan fingerprint density at radius 3 is 1.35 bits per heavy atom. The number of hydrogen-bond donors (Lipinski definition) is 4. The summed E-state index contributed by atoms with van der Waals surface area (Å²) < 4.78 is 24.6. The minimum absolute atomic E-state index is 0.0180. The van der Waals surface area contributed by atoms with E-state index in [0.29, 0.717) is 63.4 Å². The Kier molecular flexibility index (Phi) is 12.2. The highest BCUT2D eigenvalue weighted by Gasteiger charge is 2.38. The van der Waals surface area contributed by atoms with Crippen LogP contribution in [0.15, 0.2) is 146 Å². The molecule has 0 amide bonds. The van der Waals surface area contributed by atoms with Crippen LogP contribution in [0.4, 0.5) is 0 Å². The standard InChI is InChI=1S/C54H54N4O8/c59-51(65-43(35-63-49-13-5-11-47-45(49)19-25-55-47)33-57-27-21-53(61,22-28-57)41-17-15-37-7-1-3-9-39(37)31-41)52(60)66-44(36-64-50-14-6-12-48-46(50)20-26-56-48)34-58-29-23-54(62,24-30-58)42-18-16-38-8-2-4-10-40(38)32-42/h1-20,25-26,31-32,43-44,55-56,61-62H,21-24,27-30,33-36H2/t43-,44-/m0/s1. The molecule has 0 radical (unpaired) electrons. The van der Waals surface area contributed by atoms with E-state index in [-0.39, 0.29) is 26.3 Å². The van der Waals surface area contributed by atoms with Crippen molar-refractivity contribution in [1.82, 2.24) is 19.8 Å². The van der Waals surface area contributed by atoms with Crippen molar-refractivity contribution >= 4 is 55.3 Å². The molecule has 6 aromatic carbocycles. The monoisotopic (exact) mass is 886 g/mol. The third-order valence-electron chi connectivity index (χ3n) is 13.5. The predicted octanol–water partition coefficient (Wildman–Crippen LogP) is 8.20. The lowest BCUT2D eigenvalue weighted by Gasteiger charge is -2.39. The fourth-order valence-corrected chi connectivity index (χ4v) is 9.70. The predicted molar refractivity (Wildman–Crippen MR) is 254 cm³/mol. The van der Waals surface area contributed by atoms with Gasteiger partial charge in [-0.15, -0.1) is 0 Å². The quantitative estimate of drug-likeness (QED) is 0.0622. The van der Waals surface area contributed by atoms with Crippen molar-refractivity contribution in [2.45, 2.75) is 49.1 Å². The second-order valence-electron chi connectivity index (χ2n) is 17.9. The number of nitrogens with zero attached hydrogens (tertiary/aromatic N) is 2. The minimum Gasteiger partial charge on any atom is -0.489 e. The molecule has 0 saturated carbocycles. The number of ether oxygens (including phenoxy) is 4. The van der Waals surface area contributed by atoms with Crippen LogP contribution in [-0.4, -0.2) is 107 Å². The molecule has 2 aromatic heterocycles. The minimum atomic E-state index is -1.13. The molecule has 12 nitrogen and oxygen atoms in total. The first-order valence-electron chi connectivity index (χ1n) is 22.9. The van der Waals surface area contributed by atoms with E-state index in [1.807, 2.05) is 109 Å². The number of aliphatic hydroxyl groups is 2. The third-order valence-corrected chi connectivity index (χ3v) is 13.5. The van der Waals surface area contributed by atoms with Crippen LogP contribution in [-0.2, 0) is 30.3 Å². The maximum atomic E-state index is 13.8. The molecular formula is C54H54N4O8. The first-order chi connectivity index (χ1) is 32.2. The van der Waals surface area contributed by atoms with Gasteiger partial charge in [0.1, 0.15) is 36.9 Å². The summed E-state index contributed by atoms with van der Waals surface area (Å²) in [6.45, 7) is 2.66. The number of aromatic amines is 2. The molecule has 0 aliphatic carbocycles. The van der Waals surface area contributed by atoms with E-state index >= 15 is 0 Å². The van der Waals surface area contributed by atoms with E-state index in [0.717, 1.165) is 54.5 Å². The van der Waals surface area contributed by atoms with Crippen molar-refractivity contribution in [3.8, 4) is 11.5 Å². The van der Waals surface area contributed by atoms with E-state index in [9.17, 15) is 19.8 Å². The average molecular weight is 887 g/mol. The number of esters is 2. The average Bonchev–Trinajstić information content (AvgIpc) is 4.05. The highest BCUT2D eigenvalue weighted by Crippen LogP contribution is 2.36. The van der Waals surface area contributed by atoms with E-state index in [1.165, 1.54) is 0 Å². The van der Waals surface area contributed by atoms with Crippen LogP contribution in [0.25, 0.3) is 43.4 Å². The number of carbonyl (C=O) groups excluding carboxylic acids is 2. The van der Waals surface area contributed by atoms with Crippen LogP contribution in [0.5, 0.6) is 11.5 Å². The van der Waals surface area contributed by atoms with Crippen LogP contribution in [0.1, 0.15) is 36.8 Å². The van der Waals surface area contributed by atoms with Crippen LogP contribution < -0.4 is 9.47 Å². The van der Waals surface area contributed by atoms with E-state index in [4.69, 9.17) is 18.9 Å². The topological polar surface area (TPSA) is 150 Å². The van der Waals surface area contributed by atoms with Gasteiger partial charge in [-0.2, -0.15) is 0 Å². The van der Waals surface area contributed by atoms with Crippen molar-refractivity contribution in [1.29, 1.82) is 0 Å². The van der Waals surface area contributed by atoms with Gasteiger partial charge in [0.25, 0.3) is 0 Å². The van der Waals surface area contributed by atoms with Gasteiger partial charge in [0.2, 0.25) is 0 Å². The van der Waals surface area contributed by atoms with Gasteiger partial charge in [-0.3, -0.25) is 9.80 Å². The van der Waals surface area contributed by atoms with Crippen LogP contribution in [0, 0.1) is 0 Å². The molecule has 10 rings (SSSR count). The van der Waals surface area contributed by atoms with Gasteiger partial charge >= 0.3 is 11.9 Å². The molecule has 4 heterocycles. The molecule has 2 fully saturated rings. The van der Waals surface area contributed by atoms with E-state index < -0.39 is 35.3 Å². The number of aromatic nitrogens is 2. The van der Waals surface area contributed by atoms with Gasteiger partial charge in [-0.1, -0.05) is 84.9 Å². The largest absolute Gasteiger partial charge is 0.489 e. The number of fused-ring (bicyclic) bond motifs is 4. The lowest BCUT2D eigenvalue weighted by Crippen LogP contribution is -2.48. The third kappa shape index (κ3) is 9.36. The SMILES string of the molecule is O=C(O[C@H](COc1cccc2[nH]ccc12)CN1CCC(O)(c2ccc3ccccc3c2)CC1)C(=O)O[C@H](COc1cccc2[nH]ccc12)CN1CCC(O)(c2ccc3ccccc3c2)CC1. The molecule has 2 saturated heterocycles. The van der Waals surface area contributed by atoms with Crippen molar-refractivity contribution in [3.05, 3.63) is 157 Å². The Morgan fingerprint density at radius 1 is 0.515 bits per heavy atom. The number of carbonyl (C=O) groups is 2. The summed E-state index contributed by atoms with van der Waals surface area (Å²) in [5.74, 6) is -1.03. The lowest BCUT2D eigenvalue weighted by molar-refractivity contribution is -0.177. The molecule has 2 aliphatic rings. The Hall–Kier alpha value is -6.70. The maximum Gasteiger partial charge on any atom is 0.417 e. The first-order valence-corrected chi connectivity index (χ1v) is 22.9. The van der Waals surface area contributed by atoms with Crippen molar-refractivity contribution in [2.24, 2.45) is 0 Å². The fraction of sp³-hybridized carbons (Fsp3) is 0.296. The van der Waals surface area contributed by atoms with Gasteiger partial charge in [-0.05, 0) is 107 Å². The summed E-state index contributed by atoms with van der Waals surface area (Å²) in [4.78, 5) is 38.3. The van der Waals surface area contributed by atoms with Crippen LogP contribution in [0.3, 0.4) is 0 Å². The molecule has 338 valence electrons. The number of H-pyrrole nitrogens is 2. The van der Waals surface area contributed by atoms with Crippen LogP contribution >= 0.6 is 0 Å². The van der Waals surface area contributed by atoms with Gasteiger partial charge < -0.3 is 39.1 Å². The second-order valence-corrected chi connectivity index (χ2v) is 17.9. The number of piperidine rings is 2. The van der Waals surface area contributed by atoms with Crippen LogP contribution in [0.2, 0.25) is 0 Å². The van der Waals surface area contributed by atoms with Gasteiger partial charge in [0.15, 0.2) is 0 Å². The summed E-state index contributed by atoms with van der Waals surface area (Å²) in [7, 11) is 0. The second kappa shape index (κ2) is 18.7. The first kappa shape index (κ1) is 43.2. The molecule has 0 unspecified atom stereocenters. The number of benzene rings is 6. The highest BCUT2D eigenvalue weighted by molar-refractivity contribution is 6.29. The molecule has 0 spiro atoms. The van der Waals surface area contributed by atoms with Gasteiger partial charge in [-0.25, -0.2) is 9.59 Å². The zero-order chi connectivity index (χ0) is 45.1. The summed E-state index contributed by atoms with van der Waals surface area (Å²) in [6, 6.07) is 43.7. The molecular weight excluding hydrogens is 833 g/mol. The number of rotatable bonds is 14. The zero-order valence-electron chi connectivity index (χ0n) is 36.7. The number of nitrogens with one attached hydrogen (secondary N) is 2. The molecule has 4 N–H and O–H groups in total. The van der Waals surface area contributed by atoms with E-state index in [1.54, 1.807) is 0 Å². The molecule has 2 aliphatic heterocycles. The van der Waals surface area contributed by atoms with E-state index in [2.05, 4.69) is 56.2 Å². The zero-order valence-corrected chi connectivity index (χ0v) is 36.7. The summed E-state index contributed by atoms with van der Waals surface area (Å²) in [5.41, 5.74) is 1.54. The Bertz CT molecular complexity index is 2780. The summed E-state index contributed by atoms with van der Waals surface area (Å²) >= 11 is 0. The molecule has 2 atom stereocenters. The normalized spacial score (nSPS) is 17.4. The molecule has 66 heavy (non-hydrogen) atoms. The molecule has 0 bridgehead atoms. The lowest BCUT2D eigenvalue weighted by atomic mass is 9.83. The van der Waals surface area contributed by atoms with Crippen molar-refractivity contribution in [2.75, 3.05) is 52.5 Å². The Balaban J connectivity index is 0.823. The number of hydrogen-bond acceptors (Lipinski definition) is 10. The molecule has 12 heteroatoms. The fourth-order valence-electron chi connectivity index (χ4n) is 9.70. The Labute approximate surface area is 382 Å². The smallest absolute Gasteiger partial charge is 0.417 e. The van der Waals surface area contributed by atoms with Crippen molar-refractivity contribution in [3.63, 3.8) is 0 Å². The maximum absolute atomic E-state index is 13.8. The Morgan fingerprint density at radius 2 is 0.924 bits per heavy atom.